The van der Waals surface area contributed by atoms with E-state index in [0.29, 0.717) is 11.3 Å². The highest BCUT2D eigenvalue weighted by molar-refractivity contribution is 5.95. The maximum absolute atomic E-state index is 12.0. The zero-order valence-corrected chi connectivity index (χ0v) is 12.1. The van der Waals surface area contributed by atoms with Crippen LogP contribution in [0.4, 0.5) is 5.69 Å². The van der Waals surface area contributed by atoms with Crippen LogP contribution in [0.1, 0.15) is 29.5 Å². The van der Waals surface area contributed by atoms with Gasteiger partial charge in [0.15, 0.2) is 0 Å². The summed E-state index contributed by atoms with van der Waals surface area (Å²) in [5, 5.41) is 0. The van der Waals surface area contributed by atoms with E-state index in [1.807, 2.05) is 16.8 Å². The van der Waals surface area contributed by atoms with Gasteiger partial charge in [0.05, 0.1) is 11.4 Å². The molecule has 106 valence electrons. The van der Waals surface area contributed by atoms with Crippen molar-refractivity contribution in [2.45, 2.75) is 19.8 Å². The van der Waals surface area contributed by atoms with Crippen molar-refractivity contribution in [3.05, 3.63) is 42.0 Å². The van der Waals surface area contributed by atoms with Crippen LogP contribution in [0.5, 0.6) is 0 Å². The highest BCUT2D eigenvalue weighted by Gasteiger charge is 2.13. The van der Waals surface area contributed by atoms with Crippen molar-refractivity contribution >= 4 is 11.6 Å². The Bertz CT molecular complexity index is 616. The van der Waals surface area contributed by atoms with Crippen molar-refractivity contribution in [1.82, 2.24) is 14.5 Å². The van der Waals surface area contributed by atoms with Crippen molar-refractivity contribution < 1.29 is 4.79 Å². The third-order valence-corrected chi connectivity index (χ3v) is 3.13. The minimum absolute atomic E-state index is 0.0385. The average molecular weight is 272 g/mol. The molecule has 0 fully saturated rings. The van der Waals surface area contributed by atoms with Crippen LogP contribution in [0.3, 0.4) is 0 Å². The van der Waals surface area contributed by atoms with Gasteiger partial charge in [-0.25, -0.2) is 4.98 Å². The first-order valence-electron chi connectivity index (χ1n) is 6.68. The van der Waals surface area contributed by atoms with E-state index in [9.17, 15) is 4.79 Å². The van der Waals surface area contributed by atoms with Gasteiger partial charge in [-0.2, -0.15) is 0 Å². The summed E-state index contributed by atoms with van der Waals surface area (Å²) in [6, 6.07) is 5.33. The Balaban J connectivity index is 2.48. The molecule has 0 aliphatic heterocycles. The van der Waals surface area contributed by atoms with E-state index in [2.05, 4.69) is 11.9 Å². The molecular formula is C15H20N4O. The number of hydrogen-bond donors (Lipinski definition) is 1. The second kappa shape index (κ2) is 5.77. The Labute approximate surface area is 119 Å². The number of hydrogen-bond acceptors (Lipinski definition) is 3. The average Bonchev–Trinajstić information content (AvgIpc) is 2.87. The maximum Gasteiger partial charge on any atom is 0.253 e. The number of rotatable bonds is 4. The van der Waals surface area contributed by atoms with Crippen LogP contribution in [0.25, 0.3) is 5.69 Å². The molecular weight excluding hydrogens is 252 g/mol. The number of benzene rings is 1. The van der Waals surface area contributed by atoms with E-state index in [0.717, 1.165) is 24.4 Å². The maximum atomic E-state index is 12.0. The first-order valence-corrected chi connectivity index (χ1v) is 6.68. The summed E-state index contributed by atoms with van der Waals surface area (Å²) in [6.07, 6.45) is 5.51. The number of nitrogen functional groups attached to an aromatic ring is 1. The van der Waals surface area contributed by atoms with Gasteiger partial charge in [-0.1, -0.05) is 6.92 Å². The number of imidazole rings is 1. The third-order valence-electron chi connectivity index (χ3n) is 3.13. The predicted octanol–water partition coefficient (Wildman–Crippen LogP) is 2.11. The molecule has 2 rings (SSSR count). The van der Waals surface area contributed by atoms with Crippen LogP contribution < -0.4 is 5.73 Å². The summed E-state index contributed by atoms with van der Waals surface area (Å²) >= 11 is 0. The van der Waals surface area contributed by atoms with Gasteiger partial charge in [-0.15, -0.1) is 0 Å². The molecule has 0 aliphatic rings. The molecule has 0 bridgehead atoms. The van der Waals surface area contributed by atoms with Crippen LogP contribution in [0.15, 0.2) is 30.6 Å². The Kier molecular flexibility index (Phi) is 4.08. The molecule has 0 unspecified atom stereocenters. The fourth-order valence-electron chi connectivity index (χ4n) is 2.11. The van der Waals surface area contributed by atoms with Crippen LogP contribution in [-0.4, -0.2) is 34.5 Å². The predicted molar refractivity (Wildman–Crippen MR) is 80.0 cm³/mol. The smallest absolute Gasteiger partial charge is 0.253 e. The number of carbonyl (C=O) groups is 1. The highest BCUT2D eigenvalue weighted by atomic mass is 16.2. The van der Waals surface area contributed by atoms with Gasteiger partial charge >= 0.3 is 0 Å². The molecule has 0 saturated heterocycles. The minimum atomic E-state index is -0.0385. The van der Waals surface area contributed by atoms with Crippen LogP contribution in [-0.2, 0) is 6.42 Å². The molecule has 0 spiro atoms. The fourth-order valence-corrected chi connectivity index (χ4v) is 2.11. The highest BCUT2D eigenvalue weighted by Crippen LogP contribution is 2.21. The summed E-state index contributed by atoms with van der Waals surface area (Å²) in [5.41, 5.74) is 8.11. The number of aryl methyl sites for hydroxylation is 1. The lowest BCUT2D eigenvalue weighted by atomic mass is 10.1. The van der Waals surface area contributed by atoms with Crippen molar-refractivity contribution in [3.63, 3.8) is 0 Å². The van der Waals surface area contributed by atoms with Crippen molar-refractivity contribution in [3.8, 4) is 5.69 Å². The molecule has 0 aliphatic carbocycles. The Morgan fingerprint density at radius 1 is 1.40 bits per heavy atom. The first kappa shape index (κ1) is 14.1. The molecule has 1 amide bonds. The molecule has 2 N–H and O–H groups in total. The minimum Gasteiger partial charge on any atom is -0.397 e. The SMILES string of the molecule is CCCc1nccn1-c1cc(C(=O)N(C)C)ccc1N. The van der Waals surface area contributed by atoms with Gasteiger partial charge in [0.2, 0.25) is 0 Å². The zero-order chi connectivity index (χ0) is 14.7. The monoisotopic (exact) mass is 272 g/mol. The number of carbonyl (C=O) groups excluding carboxylic acids is 1. The molecule has 1 heterocycles. The van der Waals surface area contributed by atoms with E-state index < -0.39 is 0 Å². The van der Waals surface area contributed by atoms with Crippen LogP contribution in [0.2, 0.25) is 0 Å². The first-order chi connectivity index (χ1) is 9.54. The molecule has 5 heteroatoms. The molecule has 20 heavy (non-hydrogen) atoms. The Morgan fingerprint density at radius 2 is 2.15 bits per heavy atom. The topological polar surface area (TPSA) is 64.2 Å². The van der Waals surface area contributed by atoms with Gasteiger partial charge in [-0.3, -0.25) is 4.79 Å². The summed E-state index contributed by atoms with van der Waals surface area (Å²) < 4.78 is 1.95. The quantitative estimate of drug-likeness (QED) is 0.867. The standard InChI is InChI=1S/C15H20N4O/c1-4-5-14-17-8-9-19(14)13-10-11(6-7-12(13)16)15(20)18(2)3/h6-10H,4-5,16H2,1-3H3. The van der Waals surface area contributed by atoms with Gasteiger partial charge in [0.25, 0.3) is 5.91 Å². The Hall–Kier alpha value is -2.30. The van der Waals surface area contributed by atoms with E-state index >= 15 is 0 Å². The molecule has 5 nitrogen and oxygen atoms in total. The van der Waals surface area contributed by atoms with Gasteiger partial charge in [0, 0.05) is 38.5 Å². The summed E-state index contributed by atoms with van der Waals surface area (Å²) in [7, 11) is 3.47. The Morgan fingerprint density at radius 3 is 2.80 bits per heavy atom. The summed E-state index contributed by atoms with van der Waals surface area (Å²) in [4.78, 5) is 17.9. The molecule has 0 atom stereocenters. The lowest BCUT2D eigenvalue weighted by molar-refractivity contribution is 0.0827. The van der Waals surface area contributed by atoms with Crippen molar-refractivity contribution in [1.29, 1.82) is 0 Å². The fraction of sp³-hybridized carbons (Fsp3) is 0.333. The lowest BCUT2D eigenvalue weighted by Gasteiger charge is -2.14. The number of amides is 1. The zero-order valence-electron chi connectivity index (χ0n) is 12.1. The van der Waals surface area contributed by atoms with E-state index in [1.54, 1.807) is 37.3 Å². The van der Waals surface area contributed by atoms with Crippen LogP contribution >= 0.6 is 0 Å². The molecule has 1 aromatic carbocycles. The summed E-state index contributed by atoms with van der Waals surface area (Å²) in [5.74, 6) is 0.914. The van der Waals surface area contributed by atoms with Crippen molar-refractivity contribution in [2.24, 2.45) is 0 Å². The molecule has 2 aromatic rings. The van der Waals surface area contributed by atoms with E-state index in [1.165, 1.54) is 0 Å². The summed E-state index contributed by atoms with van der Waals surface area (Å²) in [6.45, 7) is 2.11. The normalized spacial score (nSPS) is 10.6. The number of anilines is 1. The third kappa shape index (κ3) is 2.66. The van der Waals surface area contributed by atoms with Gasteiger partial charge in [0.1, 0.15) is 5.82 Å². The molecule has 0 saturated carbocycles. The van der Waals surface area contributed by atoms with Gasteiger partial charge < -0.3 is 15.2 Å². The second-order valence-electron chi connectivity index (χ2n) is 4.94. The lowest BCUT2D eigenvalue weighted by Crippen LogP contribution is -2.22. The number of nitrogens with zero attached hydrogens (tertiary/aromatic N) is 3. The molecule has 1 aromatic heterocycles. The van der Waals surface area contributed by atoms with Crippen LogP contribution in [0, 0.1) is 0 Å². The number of nitrogens with two attached hydrogens (primary N) is 1. The van der Waals surface area contributed by atoms with E-state index in [-0.39, 0.29) is 5.91 Å². The second-order valence-corrected chi connectivity index (χ2v) is 4.94. The van der Waals surface area contributed by atoms with E-state index in [4.69, 9.17) is 5.73 Å². The van der Waals surface area contributed by atoms with Crippen molar-refractivity contribution in [2.75, 3.05) is 19.8 Å². The molecule has 0 radical (unpaired) electrons. The largest absolute Gasteiger partial charge is 0.397 e. The number of aromatic nitrogens is 2. The van der Waals surface area contributed by atoms with Gasteiger partial charge in [-0.05, 0) is 24.6 Å².